The Hall–Kier alpha value is -2.04. The molecule has 0 aliphatic carbocycles. The van der Waals surface area contributed by atoms with Crippen molar-refractivity contribution in [2.45, 2.75) is 0 Å². The summed E-state index contributed by atoms with van der Waals surface area (Å²) in [5, 5.41) is 18.6. The lowest BCUT2D eigenvalue weighted by molar-refractivity contribution is 0.412. The maximum absolute atomic E-state index is 11.9. The Labute approximate surface area is 147 Å². The number of pyridine rings is 1. The van der Waals surface area contributed by atoms with Gasteiger partial charge < -0.3 is 15.5 Å². The zero-order chi connectivity index (χ0) is 16.4. The third-order valence-corrected chi connectivity index (χ3v) is 4.49. The molecule has 0 fully saturated rings. The molecule has 0 radical (unpaired) electrons. The Bertz CT molecular complexity index is 909. The van der Waals surface area contributed by atoms with E-state index in [-0.39, 0.29) is 22.5 Å². The van der Waals surface area contributed by atoms with Gasteiger partial charge in [-0.05, 0) is 56.2 Å². The number of rotatable bonds is 2. The summed E-state index contributed by atoms with van der Waals surface area (Å²) < 4.78 is 6.56. The maximum Gasteiger partial charge on any atom is 0.268 e. The minimum Gasteiger partial charge on any atom is -0.496 e. The highest BCUT2D eigenvalue weighted by atomic mass is 127. The Morgan fingerprint density at radius 2 is 1.95 bits per heavy atom. The molecule has 1 aromatic heterocycles. The third-order valence-electron chi connectivity index (χ3n) is 2.98. The molecule has 1 aromatic carbocycles. The van der Waals surface area contributed by atoms with E-state index in [0.717, 1.165) is 3.57 Å². The Morgan fingerprint density at radius 1 is 1.32 bits per heavy atom. The standard InChI is InChI=1S/C14H8BrIN4O2/c1-22-11-3-10(16)6(2-9(11)15)12-7(4-17)13(19)20-14(21)8(12)5-18/h2-3H,1H3,(H3,19,20,21). The number of nitrogens with two attached hydrogens (primary N) is 1. The molecule has 0 spiro atoms. The lowest BCUT2D eigenvalue weighted by Crippen LogP contribution is -2.16. The Kier molecular flexibility index (Phi) is 4.74. The third kappa shape index (κ3) is 2.67. The van der Waals surface area contributed by atoms with E-state index in [1.54, 1.807) is 12.1 Å². The second kappa shape index (κ2) is 6.38. The van der Waals surface area contributed by atoms with Crippen LogP contribution in [0.2, 0.25) is 0 Å². The largest absolute Gasteiger partial charge is 0.496 e. The van der Waals surface area contributed by atoms with Gasteiger partial charge in [0.15, 0.2) is 0 Å². The van der Waals surface area contributed by atoms with Crippen LogP contribution in [0.5, 0.6) is 5.75 Å². The number of ether oxygens (including phenoxy) is 1. The number of nitrogen functional groups attached to an aromatic ring is 1. The lowest BCUT2D eigenvalue weighted by atomic mass is 9.96. The summed E-state index contributed by atoms with van der Waals surface area (Å²) in [4.78, 5) is 14.3. The first-order valence-electron chi connectivity index (χ1n) is 5.84. The van der Waals surface area contributed by atoms with Crippen LogP contribution in [-0.2, 0) is 0 Å². The van der Waals surface area contributed by atoms with Gasteiger partial charge in [-0.2, -0.15) is 10.5 Å². The lowest BCUT2D eigenvalue weighted by Gasteiger charge is -2.13. The van der Waals surface area contributed by atoms with Crippen molar-refractivity contribution in [3.05, 3.63) is 41.7 Å². The van der Waals surface area contributed by atoms with Crippen LogP contribution < -0.4 is 16.0 Å². The van der Waals surface area contributed by atoms with Crippen molar-refractivity contribution >= 4 is 44.3 Å². The number of halogens is 2. The number of aromatic nitrogens is 1. The van der Waals surface area contributed by atoms with Crippen molar-refractivity contribution in [2.75, 3.05) is 12.8 Å². The average molecular weight is 471 g/mol. The van der Waals surface area contributed by atoms with Crippen LogP contribution in [0.3, 0.4) is 0 Å². The van der Waals surface area contributed by atoms with Gasteiger partial charge in [0.25, 0.3) is 5.56 Å². The van der Waals surface area contributed by atoms with Gasteiger partial charge in [0.05, 0.1) is 11.6 Å². The number of nitrogens with zero attached hydrogens (tertiary/aromatic N) is 2. The molecular weight excluding hydrogens is 463 g/mol. The molecule has 0 saturated heterocycles. The number of hydrogen-bond donors (Lipinski definition) is 2. The summed E-state index contributed by atoms with van der Waals surface area (Å²) in [6.07, 6.45) is 0. The predicted molar refractivity (Wildman–Crippen MR) is 93.3 cm³/mol. The van der Waals surface area contributed by atoms with E-state index < -0.39 is 5.56 Å². The number of aromatic amines is 1. The minimum absolute atomic E-state index is 0.0612. The zero-order valence-corrected chi connectivity index (χ0v) is 14.9. The number of nitrogens with one attached hydrogen (secondary N) is 1. The zero-order valence-electron chi connectivity index (χ0n) is 11.2. The number of H-pyrrole nitrogens is 1. The van der Waals surface area contributed by atoms with E-state index >= 15 is 0 Å². The van der Waals surface area contributed by atoms with Crippen molar-refractivity contribution in [2.24, 2.45) is 0 Å². The van der Waals surface area contributed by atoms with Gasteiger partial charge in [-0.15, -0.1) is 0 Å². The van der Waals surface area contributed by atoms with Crippen molar-refractivity contribution in [3.8, 4) is 29.0 Å². The summed E-state index contributed by atoms with van der Waals surface area (Å²) in [5.74, 6) is 0.534. The van der Waals surface area contributed by atoms with Gasteiger partial charge >= 0.3 is 0 Å². The van der Waals surface area contributed by atoms with E-state index in [1.165, 1.54) is 7.11 Å². The fraction of sp³-hybridized carbons (Fsp3) is 0.0714. The minimum atomic E-state index is -0.628. The summed E-state index contributed by atoms with van der Waals surface area (Å²) in [5.41, 5.74) is 5.77. The normalized spacial score (nSPS) is 9.86. The molecule has 0 unspecified atom stereocenters. The molecule has 2 rings (SSSR count). The van der Waals surface area contributed by atoms with Crippen LogP contribution in [0.1, 0.15) is 11.1 Å². The van der Waals surface area contributed by atoms with Crippen molar-refractivity contribution in [3.63, 3.8) is 0 Å². The molecule has 22 heavy (non-hydrogen) atoms. The summed E-state index contributed by atoms with van der Waals surface area (Å²) >= 11 is 5.40. The highest BCUT2D eigenvalue weighted by molar-refractivity contribution is 14.1. The Balaban J connectivity index is 2.96. The monoisotopic (exact) mass is 470 g/mol. The molecule has 6 nitrogen and oxygen atoms in total. The molecule has 3 N–H and O–H groups in total. The molecule has 0 atom stereocenters. The fourth-order valence-electron chi connectivity index (χ4n) is 1.99. The summed E-state index contributed by atoms with van der Waals surface area (Å²) in [7, 11) is 1.53. The number of hydrogen-bond acceptors (Lipinski definition) is 5. The van der Waals surface area contributed by atoms with Crippen LogP contribution in [0.25, 0.3) is 11.1 Å². The van der Waals surface area contributed by atoms with Gasteiger partial charge in [-0.3, -0.25) is 4.79 Å². The van der Waals surface area contributed by atoms with Gasteiger partial charge in [-0.25, -0.2) is 0 Å². The molecule has 0 bridgehead atoms. The average Bonchev–Trinajstić information content (AvgIpc) is 2.48. The van der Waals surface area contributed by atoms with Crippen molar-refractivity contribution < 1.29 is 4.74 Å². The van der Waals surface area contributed by atoms with Crippen LogP contribution in [0.15, 0.2) is 21.4 Å². The number of methoxy groups -OCH3 is 1. The summed E-state index contributed by atoms with van der Waals surface area (Å²) in [6.45, 7) is 0. The van der Waals surface area contributed by atoms with E-state index in [1.807, 2.05) is 34.7 Å². The van der Waals surface area contributed by atoms with E-state index in [0.29, 0.717) is 15.8 Å². The molecular formula is C14H8BrIN4O2. The number of anilines is 1. The van der Waals surface area contributed by atoms with Crippen LogP contribution in [-0.4, -0.2) is 12.1 Å². The van der Waals surface area contributed by atoms with Gasteiger partial charge in [0, 0.05) is 9.13 Å². The molecule has 0 amide bonds. The first-order valence-corrected chi connectivity index (χ1v) is 7.71. The second-order valence-electron chi connectivity index (χ2n) is 4.18. The van der Waals surface area contributed by atoms with Gasteiger partial charge in [0.2, 0.25) is 0 Å². The molecule has 0 saturated carbocycles. The second-order valence-corrected chi connectivity index (χ2v) is 6.20. The van der Waals surface area contributed by atoms with E-state index in [4.69, 9.17) is 10.5 Å². The first kappa shape index (κ1) is 16.3. The van der Waals surface area contributed by atoms with E-state index in [2.05, 4.69) is 20.9 Å². The van der Waals surface area contributed by atoms with E-state index in [9.17, 15) is 15.3 Å². The summed E-state index contributed by atoms with van der Waals surface area (Å²) in [6, 6.07) is 7.21. The molecule has 2 aromatic rings. The molecule has 8 heteroatoms. The van der Waals surface area contributed by atoms with Gasteiger partial charge in [-0.1, -0.05) is 0 Å². The fourth-order valence-corrected chi connectivity index (χ4v) is 3.20. The van der Waals surface area contributed by atoms with Gasteiger partial charge in [0.1, 0.15) is 34.8 Å². The SMILES string of the molecule is COc1cc(I)c(-c2c(C#N)c(N)[nH]c(=O)c2C#N)cc1Br. The number of nitriles is 2. The molecule has 0 aliphatic heterocycles. The predicted octanol–water partition coefficient (Wildman–Crippen LogP) is 2.74. The molecule has 110 valence electrons. The first-order chi connectivity index (χ1) is 10.4. The smallest absolute Gasteiger partial charge is 0.268 e. The van der Waals surface area contributed by atoms with Crippen LogP contribution >= 0.6 is 38.5 Å². The number of benzene rings is 1. The van der Waals surface area contributed by atoms with Crippen molar-refractivity contribution in [1.82, 2.24) is 4.98 Å². The van der Waals surface area contributed by atoms with Crippen LogP contribution in [0, 0.1) is 26.2 Å². The highest BCUT2D eigenvalue weighted by Gasteiger charge is 2.21. The quantitative estimate of drug-likeness (QED) is 0.654. The topological polar surface area (TPSA) is 116 Å². The van der Waals surface area contributed by atoms with Crippen LogP contribution in [0.4, 0.5) is 5.82 Å². The highest BCUT2D eigenvalue weighted by Crippen LogP contribution is 2.37. The molecule has 0 aliphatic rings. The maximum atomic E-state index is 11.9. The Morgan fingerprint density at radius 3 is 2.50 bits per heavy atom. The van der Waals surface area contributed by atoms with Crippen molar-refractivity contribution in [1.29, 1.82) is 10.5 Å². The molecule has 1 heterocycles.